The van der Waals surface area contributed by atoms with Crippen LogP contribution in [0, 0.1) is 29.5 Å². The lowest BCUT2D eigenvalue weighted by atomic mass is 9.78. The number of sulfonamides is 1. The van der Waals surface area contributed by atoms with Crippen molar-refractivity contribution in [3.8, 4) is 0 Å². The summed E-state index contributed by atoms with van der Waals surface area (Å²) in [4.78, 5) is 22.9. The minimum absolute atomic E-state index is 0.00817. The summed E-state index contributed by atoms with van der Waals surface area (Å²) >= 11 is 0. The van der Waals surface area contributed by atoms with E-state index in [0.29, 0.717) is 12.1 Å². The molecule has 3 heterocycles. The molecule has 0 spiro atoms. The van der Waals surface area contributed by atoms with Crippen LogP contribution in [-0.2, 0) is 14.8 Å². The Morgan fingerprint density at radius 3 is 2.72 bits per heavy atom. The highest BCUT2D eigenvalue weighted by Gasteiger charge is 2.55. The molecule has 6 N–H and O–H groups in total. The molecule has 3 fully saturated rings. The molecule has 1 unspecified atom stereocenters. The van der Waals surface area contributed by atoms with Gasteiger partial charge in [-0.3, -0.25) is 4.79 Å². The van der Waals surface area contributed by atoms with Gasteiger partial charge in [0.2, 0.25) is 21.9 Å². The highest BCUT2D eigenvalue weighted by Crippen LogP contribution is 2.52. The first-order valence-corrected chi connectivity index (χ1v) is 13.7. The van der Waals surface area contributed by atoms with Gasteiger partial charge in [-0.15, -0.1) is 0 Å². The molecule has 0 radical (unpaired) electrons. The molecule has 6 bridgehead atoms. The van der Waals surface area contributed by atoms with E-state index in [9.17, 15) is 17.6 Å². The zero-order valence-corrected chi connectivity index (χ0v) is 20.4. The first-order valence-electron chi connectivity index (χ1n) is 12.2. The largest absolute Gasteiger partial charge is 0.369 e. The van der Waals surface area contributed by atoms with Crippen molar-refractivity contribution in [2.24, 2.45) is 29.4 Å². The molecule has 2 saturated carbocycles. The van der Waals surface area contributed by atoms with Crippen molar-refractivity contribution in [3.63, 3.8) is 0 Å². The fourth-order valence-corrected chi connectivity index (χ4v) is 7.53. The quantitative estimate of drug-likeness (QED) is 0.386. The standard InChI is InChI=1S/C23H29FN8O3S/c24-18-11-27-23-29-14-7-15(32-3-1-26-2-4-32)9-16(8-14)36(34,35)28-10-13-5-12-6-17(13)20(19(12)21(25)33)30-22(18)31-23/h7-9,11-13,17,19-20,26,28H,1-6,10H2,(H2,25,33)(H2,27,29,30,31)/t12-,13+,17-,19+,20?/m1/s1. The maximum absolute atomic E-state index is 14.8. The number of hydrogen-bond acceptors (Lipinski definition) is 9. The number of rotatable bonds is 2. The molecular weight excluding hydrogens is 487 g/mol. The highest BCUT2D eigenvalue weighted by atomic mass is 32.2. The second-order valence-electron chi connectivity index (χ2n) is 10.1. The number of primary amides is 1. The molecule has 1 amide bonds. The highest BCUT2D eigenvalue weighted by molar-refractivity contribution is 7.89. The summed E-state index contributed by atoms with van der Waals surface area (Å²) in [5.74, 6) is -1.50. The minimum atomic E-state index is -3.82. The van der Waals surface area contributed by atoms with E-state index in [2.05, 4.69) is 35.5 Å². The Labute approximate surface area is 208 Å². The Morgan fingerprint density at radius 2 is 1.94 bits per heavy atom. The monoisotopic (exact) mass is 516 g/mol. The van der Waals surface area contributed by atoms with Crippen molar-refractivity contribution in [2.75, 3.05) is 48.3 Å². The van der Waals surface area contributed by atoms with Crippen molar-refractivity contribution in [2.45, 2.75) is 23.8 Å². The average Bonchev–Trinajstić information content (AvgIpc) is 3.43. The van der Waals surface area contributed by atoms with Crippen LogP contribution < -0.4 is 31.3 Å². The number of benzene rings is 1. The van der Waals surface area contributed by atoms with Crippen LogP contribution in [0.25, 0.3) is 0 Å². The van der Waals surface area contributed by atoms with Crippen LogP contribution in [-0.4, -0.2) is 63.1 Å². The zero-order valence-electron chi connectivity index (χ0n) is 19.6. The summed E-state index contributed by atoms with van der Waals surface area (Å²) in [6.07, 6.45) is 2.47. The number of anilines is 4. The molecule has 36 heavy (non-hydrogen) atoms. The van der Waals surface area contributed by atoms with Crippen molar-refractivity contribution in [1.82, 2.24) is 20.0 Å². The van der Waals surface area contributed by atoms with E-state index >= 15 is 0 Å². The number of piperazine rings is 1. The Balaban J connectivity index is 1.43. The van der Waals surface area contributed by atoms with E-state index in [0.717, 1.165) is 44.5 Å². The number of hydrogen-bond donors (Lipinski definition) is 5. The van der Waals surface area contributed by atoms with E-state index < -0.39 is 33.7 Å². The van der Waals surface area contributed by atoms with Crippen LogP contribution in [0.4, 0.5) is 27.5 Å². The molecule has 6 rings (SSSR count). The number of amides is 1. The molecule has 2 aliphatic heterocycles. The zero-order chi connectivity index (χ0) is 25.0. The van der Waals surface area contributed by atoms with Gasteiger partial charge in [0.25, 0.3) is 0 Å². The third-order valence-corrected chi connectivity index (χ3v) is 9.40. The van der Waals surface area contributed by atoms with Crippen molar-refractivity contribution in [1.29, 1.82) is 0 Å². The van der Waals surface area contributed by atoms with Gasteiger partial charge in [0, 0.05) is 50.1 Å². The summed E-state index contributed by atoms with van der Waals surface area (Å²) in [5, 5.41) is 9.46. The van der Waals surface area contributed by atoms with Gasteiger partial charge in [0.1, 0.15) is 0 Å². The fourth-order valence-electron chi connectivity index (χ4n) is 6.37. The summed E-state index contributed by atoms with van der Waals surface area (Å²) < 4.78 is 44.4. The topological polar surface area (TPSA) is 154 Å². The van der Waals surface area contributed by atoms with Crippen LogP contribution in [0.2, 0.25) is 0 Å². The summed E-state index contributed by atoms with van der Waals surface area (Å²) in [6.45, 7) is 3.30. The molecule has 11 nitrogen and oxygen atoms in total. The third kappa shape index (κ3) is 4.14. The second-order valence-corrected chi connectivity index (χ2v) is 11.8. The van der Waals surface area contributed by atoms with Crippen molar-refractivity contribution in [3.05, 3.63) is 30.2 Å². The Hall–Kier alpha value is -3.03. The molecule has 2 aromatic rings. The molecule has 1 aromatic carbocycles. The van der Waals surface area contributed by atoms with E-state index in [1.807, 2.05) is 6.07 Å². The van der Waals surface area contributed by atoms with Crippen LogP contribution >= 0.6 is 0 Å². The molecule has 1 aromatic heterocycles. The van der Waals surface area contributed by atoms with Crippen molar-refractivity contribution >= 4 is 39.1 Å². The third-order valence-electron chi connectivity index (χ3n) is 7.99. The van der Waals surface area contributed by atoms with E-state index in [-0.39, 0.29) is 41.0 Å². The number of nitrogens with one attached hydrogen (secondary N) is 4. The van der Waals surface area contributed by atoms with E-state index in [1.165, 1.54) is 6.07 Å². The summed E-state index contributed by atoms with van der Waals surface area (Å²) in [5.41, 5.74) is 6.95. The van der Waals surface area contributed by atoms with Crippen LogP contribution in [0.5, 0.6) is 0 Å². The molecule has 192 valence electrons. The number of aromatic nitrogens is 2. The Bertz CT molecular complexity index is 1300. The minimum Gasteiger partial charge on any atom is -0.369 e. The molecular formula is C23H29FN8O3S. The SMILES string of the molecule is NC(=O)[C@@H]1C2Nc3nc(ncc3F)Nc3cc(N4CCNCC4)cc(c3)S(=O)(=O)NC[C@@H]3C[C@@H]1C[C@@H]23. The number of carbonyl (C=O) groups excluding carboxylic acids is 1. The number of carbonyl (C=O) groups is 1. The molecule has 13 heteroatoms. The van der Waals surface area contributed by atoms with Crippen LogP contribution in [0.15, 0.2) is 29.3 Å². The maximum atomic E-state index is 14.8. The Morgan fingerprint density at radius 1 is 1.14 bits per heavy atom. The van der Waals surface area contributed by atoms with Crippen LogP contribution in [0.1, 0.15) is 12.8 Å². The van der Waals surface area contributed by atoms with E-state index in [1.54, 1.807) is 6.07 Å². The molecule has 4 aliphatic rings. The molecule has 2 aliphatic carbocycles. The fraction of sp³-hybridized carbons (Fsp3) is 0.522. The van der Waals surface area contributed by atoms with Gasteiger partial charge < -0.3 is 26.6 Å². The maximum Gasteiger partial charge on any atom is 0.240 e. The normalized spacial score (nSPS) is 30.7. The first-order chi connectivity index (χ1) is 17.3. The van der Waals surface area contributed by atoms with Crippen LogP contribution in [0.3, 0.4) is 0 Å². The van der Waals surface area contributed by atoms with E-state index in [4.69, 9.17) is 5.73 Å². The first kappa shape index (κ1) is 23.4. The number of nitrogens with two attached hydrogens (primary N) is 1. The predicted octanol–water partition coefficient (Wildman–Crippen LogP) is 0.599. The smallest absolute Gasteiger partial charge is 0.240 e. The predicted molar refractivity (Wildman–Crippen MR) is 132 cm³/mol. The number of fused-ring (bicyclic) bond motifs is 5. The number of halogens is 1. The lowest BCUT2D eigenvalue weighted by Crippen LogP contribution is -2.47. The molecule has 1 saturated heterocycles. The summed E-state index contributed by atoms with van der Waals surface area (Å²) in [6, 6.07) is 4.61. The number of nitrogens with zero attached hydrogens (tertiary/aromatic N) is 3. The van der Waals surface area contributed by atoms with Gasteiger partial charge in [0.05, 0.1) is 17.0 Å². The molecule has 5 atom stereocenters. The lowest BCUT2D eigenvalue weighted by molar-refractivity contribution is -0.123. The van der Waals surface area contributed by atoms with Gasteiger partial charge in [0.15, 0.2) is 11.6 Å². The Kier molecular flexibility index (Phi) is 5.73. The van der Waals surface area contributed by atoms with Gasteiger partial charge >= 0.3 is 0 Å². The van der Waals surface area contributed by atoms with Gasteiger partial charge in [-0.25, -0.2) is 22.5 Å². The lowest BCUT2D eigenvalue weighted by Gasteiger charge is -2.35. The summed E-state index contributed by atoms with van der Waals surface area (Å²) in [7, 11) is -3.82. The van der Waals surface area contributed by atoms with Crippen molar-refractivity contribution < 1.29 is 17.6 Å². The average molecular weight is 517 g/mol. The van der Waals surface area contributed by atoms with Gasteiger partial charge in [-0.1, -0.05) is 0 Å². The van der Waals surface area contributed by atoms with Gasteiger partial charge in [-0.05, 0) is 48.8 Å². The van der Waals surface area contributed by atoms with Gasteiger partial charge in [-0.2, -0.15) is 4.98 Å². The second kappa shape index (κ2) is 8.82.